The number of nitrogens with one attached hydrogen (secondary N) is 2. The van der Waals surface area contributed by atoms with Gasteiger partial charge in [-0.25, -0.2) is 4.98 Å². The Hall–Kier alpha value is -4.85. The first-order valence-corrected chi connectivity index (χ1v) is 12.1. The summed E-state index contributed by atoms with van der Waals surface area (Å²) < 4.78 is 16.1. The number of ether oxygens (including phenoxy) is 3. The van der Waals surface area contributed by atoms with Gasteiger partial charge in [0.1, 0.15) is 5.75 Å². The zero-order valence-electron chi connectivity index (χ0n) is 21.7. The van der Waals surface area contributed by atoms with Gasteiger partial charge in [-0.15, -0.1) is 0 Å². The van der Waals surface area contributed by atoms with Crippen LogP contribution in [0.1, 0.15) is 21.5 Å². The highest BCUT2D eigenvalue weighted by Gasteiger charge is 2.21. The third-order valence-corrected chi connectivity index (χ3v) is 6.40. The normalized spacial score (nSPS) is 10.8. The van der Waals surface area contributed by atoms with Crippen molar-refractivity contribution in [3.05, 3.63) is 89.5 Å². The molecule has 38 heavy (non-hydrogen) atoms. The summed E-state index contributed by atoms with van der Waals surface area (Å²) in [4.78, 5) is 18.4. The topological polar surface area (TPSA) is 98.4 Å². The minimum Gasteiger partial charge on any atom is -0.497 e. The maximum Gasteiger partial charge on any atom is 0.252 e. The van der Waals surface area contributed by atoms with Crippen molar-refractivity contribution < 1.29 is 19.0 Å². The van der Waals surface area contributed by atoms with Gasteiger partial charge in [-0.05, 0) is 61.0 Å². The lowest BCUT2D eigenvalue weighted by Crippen LogP contribution is -2.23. The number of aryl methyl sites for hydroxylation is 1. The van der Waals surface area contributed by atoms with Crippen LogP contribution in [0.3, 0.4) is 0 Å². The maximum absolute atomic E-state index is 13.6. The van der Waals surface area contributed by atoms with Gasteiger partial charge in [-0.2, -0.15) is 5.10 Å². The molecule has 0 saturated heterocycles. The van der Waals surface area contributed by atoms with Crippen LogP contribution in [0, 0.1) is 6.92 Å². The molecule has 8 nitrogen and oxygen atoms in total. The summed E-state index contributed by atoms with van der Waals surface area (Å²) in [6, 6.07) is 22.9. The predicted octanol–water partition coefficient (Wildman–Crippen LogP) is 5.56. The molecule has 0 unspecified atom stereocenters. The van der Waals surface area contributed by atoms with Crippen LogP contribution in [-0.4, -0.2) is 42.4 Å². The van der Waals surface area contributed by atoms with Crippen LogP contribution in [0.2, 0.25) is 0 Å². The van der Waals surface area contributed by atoms with Gasteiger partial charge in [0.05, 0.1) is 43.7 Å². The highest BCUT2D eigenvalue weighted by Crippen LogP contribution is 2.35. The molecule has 0 aliphatic carbocycles. The average molecular weight is 509 g/mol. The minimum atomic E-state index is -0.226. The van der Waals surface area contributed by atoms with E-state index in [0.717, 1.165) is 28.0 Å². The monoisotopic (exact) mass is 508 g/mol. The molecule has 5 aromatic rings. The van der Waals surface area contributed by atoms with Crippen LogP contribution in [0.25, 0.3) is 33.5 Å². The second kappa shape index (κ2) is 10.6. The molecule has 0 spiro atoms. The fourth-order valence-corrected chi connectivity index (χ4v) is 4.30. The van der Waals surface area contributed by atoms with E-state index in [-0.39, 0.29) is 5.91 Å². The Bertz CT molecular complexity index is 1590. The van der Waals surface area contributed by atoms with Crippen LogP contribution in [0.5, 0.6) is 17.2 Å². The Morgan fingerprint density at radius 1 is 0.842 bits per heavy atom. The molecule has 0 bridgehead atoms. The molecule has 2 N–H and O–H groups in total. The Kier molecular flexibility index (Phi) is 6.95. The number of carbonyl (C=O) groups is 1. The number of H-pyrrole nitrogens is 1. The largest absolute Gasteiger partial charge is 0.497 e. The van der Waals surface area contributed by atoms with E-state index >= 15 is 0 Å². The van der Waals surface area contributed by atoms with E-state index < -0.39 is 0 Å². The van der Waals surface area contributed by atoms with E-state index in [1.54, 1.807) is 27.4 Å². The summed E-state index contributed by atoms with van der Waals surface area (Å²) in [5.41, 5.74) is 6.00. The third-order valence-electron chi connectivity index (χ3n) is 6.40. The molecule has 0 atom stereocenters. The summed E-state index contributed by atoms with van der Waals surface area (Å²) in [6.45, 7) is 2.43. The number of pyridine rings is 1. The minimum absolute atomic E-state index is 0.226. The Labute approximate surface area is 220 Å². The summed E-state index contributed by atoms with van der Waals surface area (Å²) in [5, 5.41) is 11.3. The van der Waals surface area contributed by atoms with Crippen molar-refractivity contribution in [3.63, 3.8) is 0 Å². The molecule has 3 aromatic carbocycles. The Balaban J connectivity index is 1.61. The third kappa shape index (κ3) is 4.88. The van der Waals surface area contributed by atoms with Gasteiger partial charge in [0, 0.05) is 17.7 Å². The summed E-state index contributed by atoms with van der Waals surface area (Å²) in [5.74, 6) is 1.69. The summed E-state index contributed by atoms with van der Waals surface area (Å²) in [6.07, 6.45) is 0. The van der Waals surface area contributed by atoms with E-state index in [0.29, 0.717) is 46.0 Å². The molecule has 2 aromatic heterocycles. The van der Waals surface area contributed by atoms with Crippen molar-refractivity contribution in [2.45, 2.75) is 13.5 Å². The number of hydrogen-bond acceptors (Lipinski definition) is 6. The lowest BCUT2D eigenvalue weighted by atomic mass is 10.0. The fraction of sp³-hybridized carbons (Fsp3) is 0.167. The van der Waals surface area contributed by atoms with Crippen LogP contribution < -0.4 is 19.5 Å². The van der Waals surface area contributed by atoms with E-state index in [4.69, 9.17) is 19.2 Å². The van der Waals surface area contributed by atoms with Crippen molar-refractivity contribution in [1.29, 1.82) is 0 Å². The number of nitrogens with zero attached hydrogens (tertiary/aromatic N) is 2. The molecule has 5 rings (SSSR count). The van der Waals surface area contributed by atoms with Gasteiger partial charge < -0.3 is 19.5 Å². The molecular formula is C30H28N4O4. The van der Waals surface area contributed by atoms with E-state index in [1.165, 1.54) is 0 Å². The molecule has 0 radical (unpaired) electrons. The lowest BCUT2D eigenvalue weighted by molar-refractivity contribution is 0.0952. The molecule has 192 valence electrons. The number of aromatic amines is 1. The number of aromatic nitrogens is 3. The number of benzene rings is 3. The van der Waals surface area contributed by atoms with Gasteiger partial charge in [0.25, 0.3) is 5.91 Å². The van der Waals surface area contributed by atoms with Gasteiger partial charge in [0.2, 0.25) is 0 Å². The standard InChI is InChI=1S/C30H28N4O4/c1-18-5-7-19(8-6-18)17-31-30(35)23-16-24(21-11-14-25(37-3)26(15-21)38-4)32-29-27(23)28(33-34-29)20-9-12-22(36-2)13-10-20/h5-16H,17H2,1-4H3,(H,31,35)(H,32,33,34). The molecular weight excluding hydrogens is 480 g/mol. The molecule has 8 heteroatoms. The molecule has 0 aliphatic heterocycles. The molecule has 0 saturated carbocycles. The zero-order chi connectivity index (χ0) is 26.6. The van der Waals surface area contributed by atoms with E-state index in [2.05, 4.69) is 15.5 Å². The van der Waals surface area contributed by atoms with Crippen molar-refractivity contribution in [2.24, 2.45) is 0 Å². The first kappa shape index (κ1) is 24.8. The Morgan fingerprint density at radius 3 is 2.24 bits per heavy atom. The van der Waals surface area contributed by atoms with Crippen molar-refractivity contribution in [3.8, 4) is 39.8 Å². The number of methoxy groups -OCH3 is 3. The van der Waals surface area contributed by atoms with Gasteiger partial charge in [-0.3, -0.25) is 9.89 Å². The first-order chi connectivity index (χ1) is 18.5. The van der Waals surface area contributed by atoms with Crippen molar-refractivity contribution in [2.75, 3.05) is 21.3 Å². The zero-order valence-corrected chi connectivity index (χ0v) is 21.7. The maximum atomic E-state index is 13.6. The quantitative estimate of drug-likeness (QED) is 0.285. The lowest BCUT2D eigenvalue weighted by Gasteiger charge is -2.12. The van der Waals surface area contributed by atoms with Gasteiger partial charge in [0.15, 0.2) is 17.1 Å². The van der Waals surface area contributed by atoms with Crippen LogP contribution in [-0.2, 0) is 6.54 Å². The highest BCUT2D eigenvalue weighted by molar-refractivity contribution is 6.11. The van der Waals surface area contributed by atoms with Gasteiger partial charge >= 0.3 is 0 Å². The number of amides is 1. The molecule has 0 fully saturated rings. The predicted molar refractivity (Wildman–Crippen MR) is 147 cm³/mol. The van der Waals surface area contributed by atoms with Crippen LogP contribution in [0.4, 0.5) is 0 Å². The average Bonchev–Trinajstić information content (AvgIpc) is 3.40. The fourth-order valence-electron chi connectivity index (χ4n) is 4.30. The van der Waals surface area contributed by atoms with Crippen molar-refractivity contribution >= 4 is 16.9 Å². The molecule has 1 amide bonds. The van der Waals surface area contributed by atoms with Crippen LogP contribution >= 0.6 is 0 Å². The summed E-state index contributed by atoms with van der Waals surface area (Å²) >= 11 is 0. The highest BCUT2D eigenvalue weighted by atomic mass is 16.5. The molecule has 0 aliphatic rings. The van der Waals surface area contributed by atoms with Crippen molar-refractivity contribution in [1.82, 2.24) is 20.5 Å². The molecule has 2 heterocycles. The second-order valence-corrected chi connectivity index (χ2v) is 8.82. The van der Waals surface area contributed by atoms with Crippen LogP contribution in [0.15, 0.2) is 72.8 Å². The number of fused-ring (bicyclic) bond motifs is 1. The second-order valence-electron chi connectivity index (χ2n) is 8.82. The summed E-state index contributed by atoms with van der Waals surface area (Å²) in [7, 11) is 4.79. The van der Waals surface area contributed by atoms with E-state index in [9.17, 15) is 4.79 Å². The number of carbonyl (C=O) groups excluding carboxylic acids is 1. The Morgan fingerprint density at radius 2 is 1.55 bits per heavy atom. The number of hydrogen-bond donors (Lipinski definition) is 2. The first-order valence-electron chi connectivity index (χ1n) is 12.1. The van der Waals surface area contributed by atoms with Gasteiger partial charge in [-0.1, -0.05) is 29.8 Å². The number of rotatable bonds is 8. The van der Waals surface area contributed by atoms with E-state index in [1.807, 2.05) is 73.7 Å². The SMILES string of the molecule is COc1ccc(-c2[nH]nc3nc(-c4ccc(OC)c(OC)c4)cc(C(=O)NCc4ccc(C)cc4)c23)cc1. The smallest absolute Gasteiger partial charge is 0.252 e.